The third-order valence-corrected chi connectivity index (χ3v) is 0.976. The smallest absolute Gasteiger partial charge is 0.323 e. The molecule has 1 saturated heterocycles. The molecule has 0 aromatic heterocycles. The Hall–Kier alpha value is -0.320. The molecule has 0 aromatic rings. The van der Waals surface area contributed by atoms with Gasteiger partial charge in [0.1, 0.15) is 6.04 Å². The Morgan fingerprint density at radius 1 is 1.67 bits per heavy atom. The predicted octanol–water partition coefficient (Wildman–Crippen LogP) is -1.14. The Labute approximate surface area is 59.1 Å². The van der Waals surface area contributed by atoms with Crippen molar-refractivity contribution in [2.24, 2.45) is 5.73 Å². The van der Waals surface area contributed by atoms with E-state index in [-0.39, 0.29) is 29.9 Å². The van der Waals surface area contributed by atoms with Crippen molar-refractivity contribution in [1.29, 1.82) is 0 Å². The number of nitrogens with two attached hydrogens (primary N) is 1. The number of rotatable bonds is 0. The largest absolute Gasteiger partial charge is 0.464 e. The number of cyclic esters (lactones) is 1. The molecule has 0 saturated carbocycles. The normalized spacial score (nSPS) is 23.7. The van der Waals surface area contributed by atoms with Gasteiger partial charge in [0.15, 0.2) is 0 Å². The molecule has 9 heavy (non-hydrogen) atoms. The molecule has 4 N–H and O–H groups in total. The molecule has 1 aliphatic rings. The molecule has 1 rings (SSSR count). The second-order valence-corrected chi connectivity index (χ2v) is 1.56. The van der Waals surface area contributed by atoms with Gasteiger partial charge in [-0.15, -0.1) is 12.4 Å². The molecule has 1 heterocycles. The SMILES string of the molecule is Cl.N[C@@H]1CCOC1=O.O. The summed E-state index contributed by atoms with van der Waals surface area (Å²) in [6.07, 6.45) is 0.679. The zero-order valence-corrected chi connectivity index (χ0v) is 5.61. The molecular weight excluding hydrogens is 146 g/mol. The summed E-state index contributed by atoms with van der Waals surface area (Å²) in [4.78, 5) is 10.2. The predicted molar refractivity (Wildman–Crippen MR) is 34.4 cm³/mol. The number of esters is 1. The summed E-state index contributed by atoms with van der Waals surface area (Å²) < 4.78 is 4.50. The van der Waals surface area contributed by atoms with Gasteiger partial charge in [-0.05, 0) is 0 Å². The Kier molecular flexibility index (Phi) is 5.80. The maximum Gasteiger partial charge on any atom is 0.323 e. The standard InChI is InChI=1S/C4H7NO2.ClH.H2O/c5-3-1-2-7-4(3)6;;/h3H,1-2,5H2;1H;1H2/t3-;;/m1../s1. The van der Waals surface area contributed by atoms with Crippen LogP contribution in [0.3, 0.4) is 0 Å². The topological polar surface area (TPSA) is 83.8 Å². The quantitative estimate of drug-likeness (QED) is 0.449. The van der Waals surface area contributed by atoms with Gasteiger partial charge in [-0.25, -0.2) is 0 Å². The van der Waals surface area contributed by atoms with Crippen LogP contribution in [0, 0.1) is 0 Å². The summed E-state index contributed by atoms with van der Waals surface area (Å²) in [5.74, 6) is -0.264. The fourth-order valence-corrected chi connectivity index (χ4v) is 0.511. The van der Waals surface area contributed by atoms with Crippen LogP contribution in [0.4, 0.5) is 0 Å². The van der Waals surface area contributed by atoms with Crippen LogP contribution >= 0.6 is 12.4 Å². The highest BCUT2D eigenvalue weighted by molar-refractivity contribution is 5.85. The van der Waals surface area contributed by atoms with E-state index in [1.54, 1.807) is 0 Å². The summed E-state index contributed by atoms with van der Waals surface area (Å²) in [5.41, 5.74) is 5.20. The highest BCUT2D eigenvalue weighted by Crippen LogP contribution is 2.00. The van der Waals surface area contributed by atoms with Crippen LogP contribution in [-0.4, -0.2) is 24.1 Å². The number of halogens is 1. The molecular formula is C4H10ClNO3. The number of hydrogen-bond donors (Lipinski definition) is 1. The number of carbonyl (C=O) groups excluding carboxylic acids is 1. The zero-order chi connectivity index (χ0) is 5.28. The second kappa shape index (κ2) is 4.55. The Morgan fingerprint density at radius 2 is 2.22 bits per heavy atom. The van der Waals surface area contributed by atoms with Crippen LogP contribution in [0.1, 0.15) is 6.42 Å². The molecule has 0 aromatic carbocycles. The molecule has 1 atom stereocenters. The maximum absolute atomic E-state index is 10.2. The minimum atomic E-state index is -0.347. The number of hydrogen-bond acceptors (Lipinski definition) is 3. The van der Waals surface area contributed by atoms with E-state index >= 15 is 0 Å². The number of carbonyl (C=O) groups is 1. The highest BCUT2D eigenvalue weighted by atomic mass is 35.5. The van der Waals surface area contributed by atoms with Crippen molar-refractivity contribution in [3.63, 3.8) is 0 Å². The van der Waals surface area contributed by atoms with Crippen LogP contribution in [0.15, 0.2) is 0 Å². The molecule has 1 fully saturated rings. The Bertz CT molecular complexity index is 97.8. The lowest BCUT2D eigenvalue weighted by Gasteiger charge is -1.89. The van der Waals surface area contributed by atoms with E-state index < -0.39 is 0 Å². The lowest BCUT2D eigenvalue weighted by Crippen LogP contribution is -2.24. The van der Waals surface area contributed by atoms with Gasteiger partial charge in [-0.2, -0.15) is 0 Å². The fourth-order valence-electron chi connectivity index (χ4n) is 0.511. The molecule has 5 heteroatoms. The Balaban J connectivity index is 0. The van der Waals surface area contributed by atoms with Gasteiger partial charge >= 0.3 is 5.97 Å². The third-order valence-electron chi connectivity index (χ3n) is 0.976. The summed E-state index contributed by atoms with van der Waals surface area (Å²) in [6, 6.07) is -0.347. The van der Waals surface area contributed by atoms with E-state index in [0.29, 0.717) is 13.0 Å². The van der Waals surface area contributed by atoms with Gasteiger partial charge < -0.3 is 15.9 Å². The monoisotopic (exact) mass is 155 g/mol. The summed E-state index contributed by atoms with van der Waals surface area (Å²) >= 11 is 0. The minimum absolute atomic E-state index is 0. The average Bonchev–Trinajstić information content (AvgIpc) is 1.91. The van der Waals surface area contributed by atoms with E-state index in [1.165, 1.54) is 0 Å². The summed E-state index contributed by atoms with van der Waals surface area (Å²) in [7, 11) is 0. The van der Waals surface area contributed by atoms with Crippen LogP contribution in [-0.2, 0) is 9.53 Å². The lowest BCUT2D eigenvalue weighted by atomic mass is 10.3. The lowest BCUT2D eigenvalue weighted by molar-refractivity contribution is -0.139. The first-order valence-corrected chi connectivity index (χ1v) is 2.23. The first-order valence-electron chi connectivity index (χ1n) is 2.23. The van der Waals surface area contributed by atoms with E-state index in [2.05, 4.69) is 4.74 Å². The van der Waals surface area contributed by atoms with E-state index in [0.717, 1.165) is 0 Å². The molecule has 4 nitrogen and oxygen atoms in total. The average molecular weight is 156 g/mol. The molecule has 0 spiro atoms. The Morgan fingerprint density at radius 3 is 2.33 bits per heavy atom. The van der Waals surface area contributed by atoms with Gasteiger partial charge in [0, 0.05) is 6.42 Å². The zero-order valence-electron chi connectivity index (χ0n) is 4.79. The molecule has 0 radical (unpaired) electrons. The second-order valence-electron chi connectivity index (χ2n) is 1.56. The van der Waals surface area contributed by atoms with Crippen molar-refractivity contribution in [3.8, 4) is 0 Å². The van der Waals surface area contributed by atoms with Gasteiger partial charge in [0.25, 0.3) is 0 Å². The molecule has 0 unspecified atom stereocenters. The first-order chi connectivity index (χ1) is 3.30. The summed E-state index contributed by atoms with van der Waals surface area (Å²) in [5, 5.41) is 0. The van der Waals surface area contributed by atoms with Gasteiger partial charge in [-0.3, -0.25) is 4.79 Å². The van der Waals surface area contributed by atoms with E-state index in [1.807, 2.05) is 0 Å². The maximum atomic E-state index is 10.2. The van der Waals surface area contributed by atoms with Crippen molar-refractivity contribution in [2.45, 2.75) is 12.5 Å². The van der Waals surface area contributed by atoms with Gasteiger partial charge in [0.05, 0.1) is 6.61 Å². The molecule has 0 aliphatic carbocycles. The van der Waals surface area contributed by atoms with Gasteiger partial charge in [-0.1, -0.05) is 0 Å². The van der Waals surface area contributed by atoms with Crippen LogP contribution in [0.2, 0.25) is 0 Å². The molecule has 1 aliphatic heterocycles. The van der Waals surface area contributed by atoms with Crippen molar-refractivity contribution in [3.05, 3.63) is 0 Å². The first kappa shape index (κ1) is 11.5. The van der Waals surface area contributed by atoms with Crippen molar-refractivity contribution < 1.29 is 15.0 Å². The van der Waals surface area contributed by atoms with Gasteiger partial charge in [0.2, 0.25) is 0 Å². The third kappa shape index (κ3) is 2.64. The van der Waals surface area contributed by atoms with Crippen molar-refractivity contribution in [2.75, 3.05) is 6.61 Å². The van der Waals surface area contributed by atoms with Crippen molar-refractivity contribution >= 4 is 18.4 Å². The van der Waals surface area contributed by atoms with Crippen LogP contribution in [0.5, 0.6) is 0 Å². The molecule has 56 valence electrons. The number of ether oxygens (including phenoxy) is 1. The minimum Gasteiger partial charge on any atom is -0.464 e. The summed E-state index contributed by atoms with van der Waals surface area (Å²) in [6.45, 7) is 0.500. The van der Waals surface area contributed by atoms with Crippen molar-refractivity contribution in [1.82, 2.24) is 0 Å². The van der Waals surface area contributed by atoms with E-state index in [4.69, 9.17) is 5.73 Å². The van der Waals surface area contributed by atoms with E-state index in [9.17, 15) is 4.79 Å². The highest BCUT2D eigenvalue weighted by Gasteiger charge is 2.20. The van der Waals surface area contributed by atoms with Crippen LogP contribution in [0.25, 0.3) is 0 Å². The molecule has 0 amide bonds. The van der Waals surface area contributed by atoms with Crippen LogP contribution < -0.4 is 5.73 Å². The molecule has 0 bridgehead atoms. The fraction of sp³-hybridized carbons (Fsp3) is 0.750.